The minimum atomic E-state index is -0.665. The molecule has 1 aliphatic heterocycles. The summed E-state index contributed by atoms with van der Waals surface area (Å²) in [5.41, 5.74) is 0.737. The zero-order valence-electron chi connectivity index (χ0n) is 14.9. The lowest BCUT2D eigenvalue weighted by Gasteiger charge is -2.28. The minimum absolute atomic E-state index is 0.176. The van der Waals surface area contributed by atoms with Crippen molar-refractivity contribution in [1.29, 1.82) is 0 Å². The molecule has 1 aromatic carbocycles. The Bertz CT molecular complexity index is 673. The van der Waals surface area contributed by atoms with Gasteiger partial charge < -0.3 is 9.47 Å². The first-order valence-corrected chi connectivity index (χ1v) is 8.29. The molecule has 1 aromatic rings. The van der Waals surface area contributed by atoms with Crippen molar-refractivity contribution in [3.8, 4) is 0 Å². The molecule has 0 saturated carbocycles. The number of esters is 1. The van der Waals surface area contributed by atoms with E-state index >= 15 is 0 Å². The van der Waals surface area contributed by atoms with Crippen LogP contribution in [0.4, 0.5) is 0 Å². The van der Waals surface area contributed by atoms with Crippen molar-refractivity contribution >= 4 is 17.8 Å². The molecule has 1 aliphatic rings. The lowest BCUT2D eigenvalue weighted by molar-refractivity contribution is -0.137. The molecule has 0 radical (unpaired) electrons. The zero-order valence-corrected chi connectivity index (χ0v) is 14.9. The number of imide groups is 1. The van der Waals surface area contributed by atoms with Gasteiger partial charge in [0.2, 0.25) is 0 Å². The van der Waals surface area contributed by atoms with Crippen LogP contribution in [0.5, 0.6) is 0 Å². The fourth-order valence-electron chi connectivity index (χ4n) is 2.88. The first-order chi connectivity index (χ1) is 11.9. The number of amides is 2. The molecule has 0 saturated heterocycles. The van der Waals surface area contributed by atoms with E-state index in [4.69, 9.17) is 9.47 Å². The Morgan fingerprint density at radius 1 is 1.16 bits per heavy atom. The Morgan fingerprint density at radius 3 is 2.16 bits per heavy atom. The van der Waals surface area contributed by atoms with Gasteiger partial charge in [-0.25, -0.2) is 4.79 Å². The Kier molecular flexibility index (Phi) is 5.96. The molecule has 0 N–H and O–H groups in total. The average molecular weight is 345 g/mol. The molecule has 0 bridgehead atoms. The van der Waals surface area contributed by atoms with E-state index in [0.29, 0.717) is 17.5 Å². The van der Waals surface area contributed by atoms with Crippen LogP contribution >= 0.6 is 0 Å². The van der Waals surface area contributed by atoms with Gasteiger partial charge in [0.15, 0.2) is 0 Å². The second-order valence-electron chi connectivity index (χ2n) is 6.17. The predicted octanol–water partition coefficient (Wildman–Crippen LogP) is 2.79. The third kappa shape index (κ3) is 3.90. The molecule has 25 heavy (non-hydrogen) atoms. The lowest BCUT2D eigenvalue weighted by atomic mass is 10.00. The number of ether oxygens (including phenoxy) is 2. The van der Waals surface area contributed by atoms with Gasteiger partial charge >= 0.3 is 5.97 Å². The maximum atomic E-state index is 12.8. The molecule has 1 unspecified atom stereocenters. The predicted molar refractivity (Wildman–Crippen MR) is 91.9 cm³/mol. The van der Waals surface area contributed by atoms with Crippen LogP contribution < -0.4 is 0 Å². The van der Waals surface area contributed by atoms with Gasteiger partial charge in [-0.2, -0.15) is 0 Å². The lowest BCUT2D eigenvalue weighted by Crippen LogP contribution is -2.42. The Labute approximate surface area is 147 Å². The van der Waals surface area contributed by atoms with Gasteiger partial charge in [0, 0.05) is 0 Å². The van der Waals surface area contributed by atoms with Crippen molar-refractivity contribution in [2.45, 2.75) is 33.2 Å². The van der Waals surface area contributed by atoms with Gasteiger partial charge in [-0.1, -0.05) is 26.0 Å². The first-order valence-electron chi connectivity index (χ1n) is 8.29. The second kappa shape index (κ2) is 7.96. The third-order valence-electron chi connectivity index (χ3n) is 3.94. The summed E-state index contributed by atoms with van der Waals surface area (Å²) in [6.45, 7) is 5.88. The number of hydrogen-bond acceptors (Lipinski definition) is 5. The molecular formula is C19H23NO5. The number of carbonyl (C=O) groups excluding carboxylic acids is 3. The van der Waals surface area contributed by atoms with Crippen LogP contribution in [0.3, 0.4) is 0 Å². The molecule has 0 fully saturated rings. The smallest absolute Gasteiger partial charge is 0.334 e. The molecule has 1 atom stereocenters. The van der Waals surface area contributed by atoms with E-state index in [1.165, 1.54) is 18.1 Å². The zero-order chi connectivity index (χ0) is 18.6. The third-order valence-corrected chi connectivity index (χ3v) is 3.94. The van der Waals surface area contributed by atoms with Crippen LogP contribution in [0.2, 0.25) is 0 Å². The number of benzene rings is 1. The summed E-state index contributed by atoms with van der Waals surface area (Å²) in [5, 5.41) is 0. The molecule has 0 aromatic heterocycles. The highest BCUT2D eigenvalue weighted by atomic mass is 16.5. The van der Waals surface area contributed by atoms with Crippen LogP contribution in [0.1, 0.15) is 47.9 Å². The van der Waals surface area contributed by atoms with E-state index in [-0.39, 0.29) is 30.1 Å². The van der Waals surface area contributed by atoms with Gasteiger partial charge in [0.05, 0.1) is 37.0 Å². The maximum absolute atomic E-state index is 12.8. The minimum Gasteiger partial charge on any atom is -0.499 e. The monoisotopic (exact) mass is 345 g/mol. The van der Waals surface area contributed by atoms with E-state index in [1.807, 2.05) is 13.8 Å². The summed E-state index contributed by atoms with van der Waals surface area (Å²) in [6.07, 6.45) is 1.69. The van der Waals surface area contributed by atoms with Crippen LogP contribution in [0, 0.1) is 5.92 Å². The number of carbonyl (C=O) groups is 3. The van der Waals surface area contributed by atoms with Crippen molar-refractivity contribution < 1.29 is 23.9 Å². The highest BCUT2D eigenvalue weighted by Crippen LogP contribution is 2.30. The number of rotatable bonds is 7. The quantitative estimate of drug-likeness (QED) is 0.329. The van der Waals surface area contributed by atoms with Crippen molar-refractivity contribution in [2.75, 3.05) is 13.7 Å². The van der Waals surface area contributed by atoms with Gasteiger partial charge in [-0.3, -0.25) is 14.5 Å². The molecule has 1 heterocycles. The van der Waals surface area contributed by atoms with Gasteiger partial charge in [0.25, 0.3) is 11.8 Å². The van der Waals surface area contributed by atoms with E-state index < -0.39 is 12.0 Å². The largest absolute Gasteiger partial charge is 0.499 e. The molecule has 6 nitrogen and oxygen atoms in total. The summed E-state index contributed by atoms with van der Waals surface area (Å²) in [4.78, 5) is 38.5. The van der Waals surface area contributed by atoms with E-state index in [1.54, 1.807) is 31.2 Å². The van der Waals surface area contributed by atoms with Crippen molar-refractivity contribution in [1.82, 2.24) is 4.90 Å². The fraction of sp³-hybridized carbons (Fsp3) is 0.421. The summed E-state index contributed by atoms with van der Waals surface area (Å²) >= 11 is 0. The van der Waals surface area contributed by atoms with Crippen molar-refractivity contribution in [3.05, 3.63) is 47.2 Å². The molecule has 2 amide bonds. The number of nitrogens with zero attached hydrogens (tertiary/aromatic N) is 1. The standard InChI is InChI=1S/C19H23NO5/c1-5-25-17(21)11-16(24-4)15(10-12(2)3)20-18(22)13-8-6-7-9-14(13)19(20)23/h6-9,11-12,15H,5,10H2,1-4H3. The van der Waals surface area contributed by atoms with E-state index in [0.717, 1.165) is 0 Å². The molecular weight excluding hydrogens is 322 g/mol. The van der Waals surface area contributed by atoms with Gasteiger partial charge in [0.1, 0.15) is 5.76 Å². The summed E-state index contributed by atoms with van der Waals surface area (Å²) < 4.78 is 10.3. The molecule has 134 valence electrons. The summed E-state index contributed by atoms with van der Waals surface area (Å²) in [7, 11) is 1.41. The number of hydrogen-bond donors (Lipinski definition) is 0. The number of methoxy groups -OCH3 is 1. The van der Waals surface area contributed by atoms with Gasteiger partial charge in [-0.05, 0) is 31.4 Å². The molecule has 0 aliphatic carbocycles. The first kappa shape index (κ1) is 18.7. The van der Waals surface area contributed by atoms with Crippen molar-refractivity contribution in [3.63, 3.8) is 0 Å². The number of fused-ring (bicyclic) bond motifs is 1. The van der Waals surface area contributed by atoms with Crippen LogP contribution in [-0.2, 0) is 14.3 Å². The SMILES string of the molecule is CCOC(=O)C=C(OC)C(CC(C)C)N1C(=O)c2ccccc2C1=O. The molecule has 6 heteroatoms. The van der Waals surface area contributed by atoms with Crippen LogP contribution in [0.15, 0.2) is 36.1 Å². The Balaban J connectivity index is 2.43. The molecule has 0 spiro atoms. The Morgan fingerprint density at radius 2 is 1.72 bits per heavy atom. The normalized spacial score (nSPS) is 15.4. The van der Waals surface area contributed by atoms with Crippen LogP contribution in [-0.4, -0.2) is 42.4 Å². The van der Waals surface area contributed by atoms with Crippen LogP contribution in [0.25, 0.3) is 0 Å². The second-order valence-corrected chi connectivity index (χ2v) is 6.17. The van der Waals surface area contributed by atoms with Crippen molar-refractivity contribution in [2.24, 2.45) is 5.92 Å². The maximum Gasteiger partial charge on any atom is 0.334 e. The average Bonchev–Trinajstić information content (AvgIpc) is 2.82. The highest BCUT2D eigenvalue weighted by Gasteiger charge is 2.41. The van der Waals surface area contributed by atoms with E-state index in [9.17, 15) is 14.4 Å². The topological polar surface area (TPSA) is 72.9 Å². The highest BCUT2D eigenvalue weighted by molar-refractivity contribution is 6.21. The fourth-order valence-corrected chi connectivity index (χ4v) is 2.88. The summed E-state index contributed by atoms with van der Waals surface area (Å²) in [6, 6.07) is 6.03. The van der Waals surface area contributed by atoms with E-state index in [2.05, 4.69) is 0 Å². The molecule has 2 rings (SSSR count). The summed E-state index contributed by atoms with van der Waals surface area (Å²) in [5.74, 6) is -0.905. The Hall–Kier alpha value is -2.63. The van der Waals surface area contributed by atoms with Gasteiger partial charge in [-0.15, -0.1) is 0 Å².